The molecule has 0 aliphatic carbocycles. The fourth-order valence-electron chi connectivity index (χ4n) is 3.55. The van der Waals surface area contributed by atoms with Crippen LogP contribution in [0.5, 0.6) is 0 Å². The molecular formula is C21H16ClF3N2O3. The Kier molecular flexibility index (Phi) is 5.19. The zero-order chi connectivity index (χ0) is 21.5. The van der Waals surface area contributed by atoms with Crippen molar-refractivity contribution in [1.82, 2.24) is 5.16 Å². The first kappa shape index (κ1) is 20.3. The van der Waals surface area contributed by atoms with Crippen LogP contribution >= 0.6 is 11.6 Å². The predicted molar refractivity (Wildman–Crippen MR) is 107 cm³/mol. The Balaban J connectivity index is 1.63. The van der Waals surface area contributed by atoms with E-state index in [-0.39, 0.29) is 16.8 Å². The van der Waals surface area contributed by atoms with Crippen molar-refractivity contribution < 1.29 is 27.2 Å². The topological polar surface area (TPSA) is 55.6 Å². The molecule has 4 rings (SSSR count). The fraction of sp³-hybridized carbons (Fsp3) is 0.238. The molecule has 0 saturated heterocycles. The number of nitrogens with zero attached hydrogens (tertiary/aromatic N) is 2. The monoisotopic (exact) mass is 436 g/mol. The van der Waals surface area contributed by atoms with E-state index in [2.05, 4.69) is 9.89 Å². The lowest BCUT2D eigenvalue weighted by atomic mass is 9.98. The van der Waals surface area contributed by atoms with E-state index < -0.39 is 17.7 Å². The molecule has 0 unspecified atom stereocenters. The number of ether oxygens (including phenoxy) is 1. The summed E-state index contributed by atoms with van der Waals surface area (Å²) >= 11 is 6.33. The number of rotatable bonds is 3. The van der Waals surface area contributed by atoms with Gasteiger partial charge >= 0.3 is 12.1 Å². The number of esters is 1. The molecule has 0 saturated carbocycles. The maximum atomic E-state index is 13.4. The molecule has 1 aromatic heterocycles. The van der Waals surface area contributed by atoms with E-state index in [1.807, 2.05) is 6.08 Å². The molecule has 0 bridgehead atoms. The van der Waals surface area contributed by atoms with Gasteiger partial charge in [0.2, 0.25) is 0 Å². The van der Waals surface area contributed by atoms with E-state index in [1.165, 1.54) is 25.3 Å². The first-order valence-corrected chi connectivity index (χ1v) is 9.45. The van der Waals surface area contributed by atoms with Crippen LogP contribution in [-0.4, -0.2) is 31.3 Å². The molecule has 1 aliphatic rings. The summed E-state index contributed by atoms with van der Waals surface area (Å²) in [7, 11) is 1.29. The zero-order valence-corrected chi connectivity index (χ0v) is 16.5. The van der Waals surface area contributed by atoms with Gasteiger partial charge in [-0.15, -0.1) is 0 Å². The lowest BCUT2D eigenvalue weighted by molar-refractivity contribution is -0.136. The molecule has 30 heavy (non-hydrogen) atoms. The Morgan fingerprint density at radius 1 is 1.27 bits per heavy atom. The summed E-state index contributed by atoms with van der Waals surface area (Å²) in [6.45, 7) is 0.785. The minimum atomic E-state index is -4.51. The Bertz CT molecular complexity index is 1150. The van der Waals surface area contributed by atoms with Crippen molar-refractivity contribution in [3.8, 4) is 0 Å². The number of aromatic nitrogens is 1. The number of halogens is 4. The van der Waals surface area contributed by atoms with E-state index in [9.17, 15) is 18.0 Å². The lowest BCUT2D eigenvalue weighted by Crippen LogP contribution is -2.29. The first-order valence-electron chi connectivity index (χ1n) is 9.07. The third kappa shape index (κ3) is 3.63. The number of alkyl halides is 3. The zero-order valence-electron chi connectivity index (χ0n) is 15.8. The number of hydrogen-bond acceptors (Lipinski definition) is 5. The minimum absolute atomic E-state index is 0.0395. The highest BCUT2D eigenvalue weighted by molar-refractivity contribution is 6.32. The maximum Gasteiger partial charge on any atom is 0.417 e. The summed E-state index contributed by atoms with van der Waals surface area (Å²) in [5.41, 5.74) is 1.38. The van der Waals surface area contributed by atoms with Crippen LogP contribution in [0.25, 0.3) is 16.5 Å². The van der Waals surface area contributed by atoms with Crippen molar-refractivity contribution in [2.75, 3.05) is 25.1 Å². The molecule has 0 spiro atoms. The van der Waals surface area contributed by atoms with Crippen molar-refractivity contribution >= 4 is 39.9 Å². The van der Waals surface area contributed by atoms with Gasteiger partial charge in [-0.05, 0) is 41.8 Å². The maximum absolute atomic E-state index is 13.4. The number of carbonyl (C=O) groups is 1. The second kappa shape index (κ2) is 7.68. The quantitative estimate of drug-likeness (QED) is 0.502. The van der Waals surface area contributed by atoms with Gasteiger partial charge in [0.25, 0.3) is 0 Å². The van der Waals surface area contributed by atoms with Crippen LogP contribution in [-0.2, 0) is 10.9 Å². The van der Waals surface area contributed by atoms with E-state index >= 15 is 0 Å². The van der Waals surface area contributed by atoms with Gasteiger partial charge in [0, 0.05) is 18.1 Å². The average molecular weight is 437 g/mol. The molecular weight excluding hydrogens is 421 g/mol. The van der Waals surface area contributed by atoms with Crippen molar-refractivity contribution in [3.63, 3.8) is 0 Å². The molecule has 2 aromatic carbocycles. The summed E-state index contributed by atoms with van der Waals surface area (Å²) in [5, 5.41) is 4.26. The van der Waals surface area contributed by atoms with Gasteiger partial charge in [0.1, 0.15) is 0 Å². The van der Waals surface area contributed by atoms with E-state index in [0.717, 1.165) is 17.2 Å². The minimum Gasteiger partial charge on any atom is -0.465 e. The molecule has 9 heteroatoms. The third-order valence-corrected chi connectivity index (χ3v) is 5.34. The summed E-state index contributed by atoms with van der Waals surface area (Å²) < 4.78 is 50.1. The summed E-state index contributed by atoms with van der Waals surface area (Å²) in [6.07, 6.45) is -2.08. The number of carbonyl (C=O) groups excluding carboxylic acids is 1. The lowest BCUT2D eigenvalue weighted by Gasteiger charge is -2.27. The van der Waals surface area contributed by atoms with Gasteiger partial charge < -0.3 is 14.2 Å². The second-order valence-electron chi connectivity index (χ2n) is 6.79. The van der Waals surface area contributed by atoms with Crippen LogP contribution in [0.3, 0.4) is 0 Å². The number of anilines is 1. The molecule has 0 radical (unpaired) electrons. The SMILES string of the molecule is COC(=O)c1ccc(C2=CCN(c3noc4cccc(C(F)(F)F)c34)CC2)c(Cl)c1. The standard InChI is InChI=1S/C21H16ClF3N2O3/c1-29-20(28)13-5-6-14(16(22)11-13)12-7-9-27(10-8-12)19-18-15(21(23,24)25)3-2-4-17(18)30-26-19/h2-7,11H,8-10H2,1H3. The van der Waals surface area contributed by atoms with E-state index in [0.29, 0.717) is 30.1 Å². The highest BCUT2D eigenvalue weighted by atomic mass is 35.5. The molecule has 0 N–H and O–H groups in total. The van der Waals surface area contributed by atoms with Crippen LogP contribution in [0.15, 0.2) is 47.0 Å². The second-order valence-corrected chi connectivity index (χ2v) is 7.20. The average Bonchev–Trinajstić information content (AvgIpc) is 3.16. The number of fused-ring (bicyclic) bond motifs is 1. The summed E-state index contributed by atoms with van der Waals surface area (Å²) in [4.78, 5) is 13.4. The van der Waals surface area contributed by atoms with Crippen molar-refractivity contribution in [1.29, 1.82) is 0 Å². The Morgan fingerprint density at radius 2 is 2.07 bits per heavy atom. The van der Waals surface area contributed by atoms with Gasteiger partial charge in [-0.2, -0.15) is 13.2 Å². The van der Waals surface area contributed by atoms with Crippen molar-refractivity contribution in [2.24, 2.45) is 0 Å². The Morgan fingerprint density at radius 3 is 2.70 bits per heavy atom. The normalized spacial score (nSPS) is 14.7. The van der Waals surface area contributed by atoms with E-state index in [1.54, 1.807) is 17.0 Å². The van der Waals surface area contributed by atoms with E-state index in [4.69, 9.17) is 16.1 Å². The van der Waals surface area contributed by atoms with Crippen molar-refractivity contribution in [2.45, 2.75) is 12.6 Å². The third-order valence-electron chi connectivity index (χ3n) is 5.03. The molecule has 2 heterocycles. The molecule has 5 nitrogen and oxygen atoms in total. The van der Waals surface area contributed by atoms with Crippen LogP contribution in [0, 0.1) is 0 Å². The van der Waals surface area contributed by atoms with Gasteiger partial charge in [0.05, 0.1) is 23.6 Å². The van der Waals surface area contributed by atoms with Gasteiger partial charge in [-0.3, -0.25) is 0 Å². The predicted octanol–water partition coefficient (Wildman–Crippen LogP) is 5.58. The first-order chi connectivity index (χ1) is 14.3. The van der Waals surface area contributed by atoms with Crippen LogP contribution < -0.4 is 4.90 Å². The molecule has 0 fully saturated rings. The van der Waals surface area contributed by atoms with Crippen LogP contribution in [0.4, 0.5) is 19.0 Å². The van der Waals surface area contributed by atoms with Gasteiger partial charge in [-0.25, -0.2) is 4.79 Å². The summed E-state index contributed by atoms with van der Waals surface area (Å²) in [5.74, 6) is -0.314. The largest absolute Gasteiger partial charge is 0.465 e. The molecule has 0 atom stereocenters. The van der Waals surface area contributed by atoms with Gasteiger partial charge in [0.15, 0.2) is 11.4 Å². The number of methoxy groups -OCH3 is 1. The van der Waals surface area contributed by atoms with Gasteiger partial charge in [-0.1, -0.05) is 35.0 Å². The molecule has 0 amide bonds. The Labute approximate surface area is 174 Å². The number of hydrogen-bond donors (Lipinski definition) is 0. The van der Waals surface area contributed by atoms with Crippen molar-refractivity contribution in [3.05, 3.63) is 64.2 Å². The molecule has 1 aliphatic heterocycles. The highest BCUT2D eigenvalue weighted by Gasteiger charge is 2.35. The number of benzene rings is 2. The molecule has 156 valence electrons. The fourth-order valence-corrected chi connectivity index (χ4v) is 3.86. The summed E-state index contributed by atoms with van der Waals surface area (Å²) in [6, 6.07) is 8.70. The van der Waals surface area contributed by atoms with Crippen LogP contribution in [0.2, 0.25) is 5.02 Å². The van der Waals surface area contributed by atoms with Crippen LogP contribution in [0.1, 0.15) is 27.9 Å². The Hall–Kier alpha value is -3.00. The highest BCUT2D eigenvalue weighted by Crippen LogP contribution is 2.40. The smallest absolute Gasteiger partial charge is 0.417 e. The molecule has 3 aromatic rings.